The fourth-order valence-corrected chi connectivity index (χ4v) is 3.66. The molecule has 1 atom stereocenters. The first-order chi connectivity index (χ1) is 15.6. The number of rotatable bonds is 5. The van der Waals surface area contributed by atoms with Gasteiger partial charge in [0.15, 0.2) is 0 Å². The van der Waals surface area contributed by atoms with Gasteiger partial charge in [-0.1, -0.05) is 20.8 Å². The second-order valence-corrected chi connectivity index (χ2v) is 9.29. The number of amides is 4. The van der Waals surface area contributed by atoms with Gasteiger partial charge in [0.05, 0.1) is 6.61 Å². The minimum Gasteiger partial charge on any atom is -0.477 e. The highest BCUT2D eigenvalue weighted by Crippen LogP contribution is 2.28. The second-order valence-electron chi connectivity index (χ2n) is 9.29. The van der Waals surface area contributed by atoms with Gasteiger partial charge in [-0.2, -0.15) is 4.98 Å². The summed E-state index contributed by atoms with van der Waals surface area (Å²) in [5.74, 6) is -1.08. The minimum atomic E-state index is -0.705. The van der Waals surface area contributed by atoms with Gasteiger partial charge in [0.25, 0.3) is 11.8 Å². The Morgan fingerprint density at radius 2 is 2.03 bits per heavy atom. The highest BCUT2D eigenvalue weighted by molar-refractivity contribution is 6.07. The summed E-state index contributed by atoms with van der Waals surface area (Å²) in [6, 6.07) is 5.65. The van der Waals surface area contributed by atoms with Crippen LogP contribution in [0.5, 0.6) is 5.88 Å². The molecule has 4 rings (SSSR count). The van der Waals surface area contributed by atoms with E-state index < -0.39 is 17.9 Å². The second kappa shape index (κ2) is 8.61. The molecule has 2 aliphatic heterocycles. The van der Waals surface area contributed by atoms with Gasteiger partial charge in [0.2, 0.25) is 23.6 Å². The maximum atomic E-state index is 12.8. The summed E-state index contributed by atoms with van der Waals surface area (Å²) in [5.41, 5.74) is 1.36. The van der Waals surface area contributed by atoms with E-state index in [0.29, 0.717) is 29.2 Å². The molecule has 1 aromatic carbocycles. The molecule has 3 heterocycles. The lowest BCUT2D eigenvalue weighted by molar-refractivity contribution is -0.136. The molecule has 1 aromatic heterocycles. The predicted octanol–water partition coefficient (Wildman–Crippen LogP) is 1.91. The molecule has 10 heteroatoms. The Labute approximate surface area is 190 Å². The number of carbonyl (C=O) groups excluding carboxylic acids is 4. The molecule has 1 fully saturated rings. The third-order valence-electron chi connectivity index (χ3n) is 5.29. The van der Waals surface area contributed by atoms with E-state index in [1.807, 2.05) is 20.8 Å². The molecule has 33 heavy (non-hydrogen) atoms. The summed E-state index contributed by atoms with van der Waals surface area (Å²) in [5, 5.41) is 4.92. The smallest absolute Gasteiger partial charge is 0.258 e. The number of aromatic nitrogens is 2. The van der Waals surface area contributed by atoms with Crippen molar-refractivity contribution in [3.63, 3.8) is 0 Å². The molecule has 4 amide bonds. The maximum absolute atomic E-state index is 12.8. The molecule has 0 saturated carbocycles. The highest BCUT2D eigenvalue weighted by Gasteiger charge is 2.39. The van der Waals surface area contributed by atoms with Crippen LogP contribution in [0.1, 0.15) is 59.9 Å². The van der Waals surface area contributed by atoms with E-state index in [4.69, 9.17) is 4.74 Å². The molecule has 2 N–H and O–H groups in total. The van der Waals surface area contributed by atoms with Gasteiger partial charge in [0.1, 0.15) is 6.04 Å². The molecule has 1 saturated heterocycles. The SMILES string of the molecule is CC(C)(C)COc1ccnc(NC(=O)c2ccc3c(c2)CN(C2CCC(=O)NC2=O)C3=O)n1. The number of nitrogens with one attached hydrogen (secondary N) is 2. The van der Waals surface area contributed by atoms with Crippen LogP contribution in [0.15, 0.2) is 30.5 Å². The molecule has 0 radical (unpaired) electrons. The Kier molecular flexibility index (Phi) is 5.84. The average molecular weight is 451 g/mol. The van der Waals surface area contributed by atoms with Crippen LogP contribution in [0, 0.1) is 5.41 Å². The summed E-state index contributed by atoms with van der Waals surface area (Å²) in [6.45, 7) is 6.76. The first-order valence-electron chi connectivity index (χ1n) is 10.7. The quantitative estimate of drug-likeness (QED) is 0.664. The van der Waals surface area contributed by atoms with Crippen molar-refractivity contribution in [2.24, 2.45) is 5.41 Å². The van der Waals surface area contributed by atoms with E-state index in [1.165, 1.54) is 11.1 Å². The zero-order valence-corrected chi connectivity index (χ0v) is 18.7. The van der Waals surface area contributed by atoms with Gasteiger partial charge < -0.3 is 9.64 Å². The first kappa shape index (κ1) is 22.4. The largest absolute Gasteiger partial charge is 0.477 e. The van der Waals surface area contributed by atoms with E-state index in [1.54, 1.807) is 24.3 Å². The van der Waals surface area contributed by atoms with Gasteiger partial charge in [0, 0.05) is 36.4 Å². The Hall–Kier alpha value is -3.82. The zero-order chi connectivity index (χ0) is 23.8. The average Bonchev–Trinajstić information content (AvgIpc) is 3.08. The van der Waals surface area contributed by atoms with Crippen LogP contribution in [-0.2, 0) is 16.1 Å². The molecular formula is C23H25N5O5. The number of anilines is 1. The van der Waals surface area contributed by atoms with Crippen LogP contribution in [0.3, 0.4) is 0 Å². The molecule has 10 nitrogen and oxygen atoms in total. The number of hydrogen-bond donors (Lipinski definition) is 2. The standard InChI is InChI=1S/C23H25N5O5/c1-23(2,3)12-33-18-8-9-24-22(26-18)27-19(30)13-4-5-15-14(10-13)11-28(21(15)32)16-6-7-17(29)25-20(16)31/h4-5,8-10,16H,6-7,11-12H2,1-3H3,(H,25,29,31)(H,24,26,27,30). The highest BCUT2D eigenvalue weighted by atomic mass is 16.5. The van der Waals surface area contributed by atoms with Crippen LogP contribution in [0.4, 0.5) is 5.95 Å². The van der Waals surface area contributed by atoms with Gasteiger partial charge in [-0.3, -0.25) is 29.8 Å². The van der Waals surface area contributed by atoms with Crippen molar-refractivity contribution in [2.75, 3.05) is 11.9 Å². The maximum Gasteiger partial charge on any atom is 0.258 e. The molecule has 1 unspecified atom stereocenters. The van der Waals surface area contributed by atoms with Gasteiger partial charge in [-0.15, -0.1) is 0 Å². The van der Waals surface area contributed by atoms with Crippen LogP contribution < -0.4 is 15.4 Å². The Morgan fingerprint density at radius 3 is 2.76 bits per heavy atom. The number of piperidine rings is 1. The summed E-state index contributed by atoms with van der Waals surface area (Å²) >= 11 is 0. The number of nitrogens with zero attached hydrogens (tertiary/aromatic N) is 3. The summed E-state index contributed by atoms with van der Waals surface area (Å²) in [7, 11) is 0. The summed E-state index contributed by atoms with van der Waals surface area (Å²) < 4.78 is 5.66. The minimum absolute atomic E-state index is 0.0437. The lowest BCUT2D eigenvalue weighted by Gasteiger charge is -2.29. The van der Waals surface area contributed by atoms with E-state index >= 15 is 0 Å². The molecule has 2 aromatic rings. The summed E-state index contributed by atoms with van der Waals surface area (Å²) in [4.78, 5) is 58.9. The molecule has 2 aliphatic rings. The van der Waals surface area contributed by atoms with E-state index in [9.17, 15) is 19.2 Å². The van der Waals surface area contributed by atoms with Crippen LogP contribution in [-0.4, -0.2) is 51.1 Å². The fourth-order valence-electron chi connectivity index (χ4n) is 3.66. The van der Waals surface area contributed by atoms with Crippen molar-refractivity contribution >= 4 is 29.6 Å². The lowest BCUT2D eigenvalue weighted by Crippen LogP contribution is -2.52. The number of benzene rings is 1. The van der Waals surface area contributed by atoms with Crippen molar-refractivity contribution in [1.82, 2.24) is 20.2 Å². The number of imide groups is 1. The Morgan fingerprint density at radius 1 is 1.24 bits per heavy atom. The van der Waals surface area contributed by atoms with Crippen molar-refractivity contribution < 1.29 is 23.9 Å². The number of fused-ring (bicyclic) bond motifs is 1. The van der Waals surface area contributed by atoms with Crippen LogP contribution >= 0.6 is 0 Å². The van der Waals surface area contributed by atoms with E-state index in [2.05, 4.69) is 20.6 Å². The number of hydrogen-bond acceptors (Lipinski definition) is 7. The fraction of sp³-hybridized carbons (Fsp3) is 0.391. The van der Waals surface area contributed by atoms with Crippen molar-refractivity contribution in [3.8, 4) is 5.88 Å². The van der Waals surface area contributed by atoms with Crippen LogP contribution in [0.25, 0.3) is 0 Å². The van der Waals surface area contributed by atoms with Gasteiger partial charge in [-0.25, -0.2) is 4.98 Å². The zero-order valence-electron chi connectivity index (χ0n) is 18.7. The Bertz CT molecular complexity index is 1140. The third-order valence-corrected chi connectivity index (χ3v) is 5.29. The molecule has 0 aliphatic carbocycles. The summed E-state index contributed by atoms with van der Waals surface area (Å²) in [6.07, 6.45) is 1.96. The molecule has 0 bridgehead atoms. The van der Waals surface area contributed by atoms with Crippen molar-refractivity contribution in [1.29, 1.82) is 0 Å². The number of ether oxygens (including phenoxy) is 1. The first-order valence-corrected chi connectivity index (χ1v) is 10.7. The van der Waals surface area contributed by atoms with Crippen molar-refractivity contribution in [2.45, 2.75) is 46.2 Å². The molecule has 0 spiro atoms. The predicted molar refractivity (Wildman–Crippen MR) is 117 cm³/mol. The molecular weight excluding hydrogens is 426 g/mol. The third kappa shape index (κ3) is 5.00. The van der Waals surface area contributed by atoms with Crippen molar-refractivity contribution in [3.05, 3.63) is 47.2 Å². The van der Waals surface area contributed by atoms with E-state index in [0.717, 1.165) is 0 Å². The topological polar surface area (TPSA) is 131 Å². The van der Waals surface area contributed by atoms with E-state index in [-0.39, 0.29) is 42.6 Å². The van der Waals surface area contributed by atoms with Crippen LogP contribution in [0.2, 0.25) is 0 Å². The van der Waals surface area contributed by atoms with Gasteiger partial charge >= 0.3 is 0 Å². The lowest BCUT2D eigenvalue weighted by atomic mass is 9.99. The monoisotopic (exact) mass is 451 g/mol. The Balaban J connectivity index is 1.45. The molecule has 172 valence electrons. The normalized spacial score (nSPS) is 18.1. The van der Waals surface area contributed by atoms with Gasteiger partial charge in [-0.05, 0) is 35.6 Å². The number of carbonyl (C=O) groups is 4.